The van der Waals surface area contributed by atoms with Crippen molar-refractivity contribution in [1.82, 2.24) is 4.98 Å². The Morgan fingerprint density at radius 1 is 0.947 bits per heavy atom. The molecule has 0 unspecified atom stereocenters. The summed E-state index contributed by atoms with van der Waals surface area (Å²) < 4.78 is 0. The molecule has 94 valence electrons. The highest BCUT2D eigenvalue weighted by molar-refractivity contribution is 7.99. The van der Waals surface area contributed by atoms with Crippen molar-refractivity contribution in [1.29, 1.82) is 0 Å². The van der Waals surface area contributed by atoms with Gasteiger partial charge in [0.2, 0.25) is 0 Å². The van der Waals surface area contributed by atoms with Crippen LogP contribution < -0.4 is 5.73 Å². The van der Waals surface area contributed by atoms with Gasteiger partial charge in [0, 0.05) is 21.0 Å². The molecule has 2 aromatic carbocycles. The molecule has 0 radical (unpaired) electrons. The number of nitrogens with two attached hydrogens (primary N) is 1. The number of nitrogen functional groups attached to an aromatic ring is 1. The third-order valence-electron chi connectivity index (χ3n) is 2.72. The van der Waals surface area contributed by atoms with Gasteiger partial charge in [0.15, 0.2) is 0 Å². The summed E-state index contributed by atoms with van der Waals surface area (Å²) in [5, 5.41) is 2.76. The van der Waals surface area contributed by atoms with E-state index in [1.165, 1.54) is 0 Å². The van der Waals surface area contributed by atoms with Gasteiger partial charge in [-0.1, -0.05) is 29.4 Å². The van der Waals surface area contributed by atoms with E-state index in [4.69, 9.17) is 17.3 Å². The Labute approximate surface area is 120 Å². The van der Waals surface area contributed by atoms with Gasteiger partial charge in [-0.25, -0.2) is 4.98 Å². The fraction of sp³-hybridized carbons (Fsp3) is 0. The Morgan fingerprint density at radius 3 is 2.53 bits per heavy atom. The molecule has 4 heteroatoms. The van der Waals surface area contributed by atoms with E-state index in [-0.39, 0.29) is 0 Å². The fourth-order valence-corrected chi connectivity index (χ4v) is 2.73. The first-order valence-electron chi connectivity index (χ1n) is 5.80. The first-order chi connectivity index (χ1) is 9.20. The minimum atomic E-state index is 0.742. The largest absolute Gasteiger partial charge is 0.399 e. The second kappa shape index (κ2) is 5.11. The van der Waals surface area contributed by atoms with Crippen molar-refractivity contribution < 1.29 is 0 Å². The molecule has 0 aliphatic rings. The van der Waals surface area contributed by atoms with Crippen molar-refractivity contribution in [2.24, 2.45) is 0 Å². The van der Waals surface area contributed by atoms with Crippen LogP contribution >= 0.6 is 23.4 Å². The SMILES string of the molecule is Nc1ccc2nc(Sc3ccc(Cl)cc3)ccc2c1. The van der Waals surface area contributed by atoms with Gasteiger partial charge in [0.1, 0.15) is 5.03 Å². The van der Waals surface area contributed by atoms with Crippen molar-refractivity contribution in [3.63, 3.8) is 0 Å². The molecule has 0 spiro atoms. The molecule has 0 fully saturated rings. The molecule has 0 saturated heterocycles. The van der Waals surface area contributed by atoms with Gasteiger partial charge in [-0.3, -0.25) is 0 Å². The molecular weight excluding hydrogens is 276 g/mol. The maximum atomic E-state index is 5.87. The average molecular weight is 287 g/mol. The maximum absolute atomic E-state index is 5.87. The average Bonchev–Trinajstić information content (AvgIpc) is 2.42. The Balaban J connectivity index is 1.93. The number of anilines is 1. The third kappa shape index (κ3) is 2.83. The molecule has 1 aromatic heterocycles. The molecule has 0 aliphatic heterocycles. The van der Waals surface area contributed by atoms with Crippen molar-refractivity contribution >= 4 is 40.0 Å². The van der Waals surface area contributed by atoms with E-state index in [1.54, 1.807) is 11.8 Å². The standard InChI is InChI=1S/C15H11ClN2S/c16-11-2-5-13(6-3-11)19-15-8-1-10-9-12(17)4-7-14(10)18-15/h1-9H,17H2. The van der Waals surface area contributed by atoms with Gasteiger partial charge in [-0.2, -0.15) is 0 Å². The third-order valence-corrected chi connectivity index (χ3v) is 3.92. The van der Waals surface area contributed by atoms with Gasteiger partial charge in [-0.15, -0.1) is 0 Å². The summed E-state index contributed by atoms with van der Waals surface area (Å²) in [7, 11) is 0. The van der Waals surface area contributed by atoms with Crippen LogP contribution in [-0.4, -0.2) is 4.98 Å². The predicted octanol–water partition coefficient (Wildman–Crippen LogP) is 4.62. The van der Waals surface area contributed by atoms with Gasteiger partial charge >= 0.3 is 0 Å². The summed E-state index contributed by atoms with van der Waals surface area (Å²) in [4.78, 5) is 5.73. The quantitative estimate of drug-likeness (QED) is 0.699. The summed E-state index contributed by atoms with van der Waals surface area (Å²) >= 11 is 7.49. The van der Waals surface area contributed by atoms with Crippen molar-refractivity contribution in [2.75, 3.05) is 5.73 Å². The smallest absolute Gasteiger partial charge is 0.101 e. The molecule has 0 atom stereocenters. The van der Waals surface area contributed by atoms with Gasteiger partial charge in [0.05, 0.1) is 5.52 Å². The molecule has 0 saturated carbocycles. The number of aromatic nitrogens is 1. The van der Waals surface area contributed by atoms with Crippen LogP contribution in [0.3, 0.4) is 0 Å². The van der Waals surface area contributed by atoms with Crippen LogP contribution in [0.4, 0.5) is 5.69 Å². The van der Waals surface area contributed by atoms with Crippen LogP contribution in [0.25, 0.3) is 10.9 Å². The molecule has 0 bridgehead atoms. The normalized spacial score (nSPS) is 10.8. The molecule has 19 heavy (non-hydrogen) atoms. The van der Waals surface area contributed by atoms with Crippen LogP contribution in [0.5, 0.6) is 0 Å². The summed E-state index contributed by atoms with van der Waals surface area (Å²) in [6, 6.07) is 17.5. The number of nitrogens with zero attached hydrogens (tertiary/aromatic N) is 1. The minimum absolute atomic E-state index is 0.742. The van der Waals surface area contributed by atoms with Gasteiger partial charge < -0.3 is 5.73 Å². The molecule has 3 rings (SSSR count). The lowest BCUT2D eigenvalue weighted by Crippen LogP contribution is -1.86. The molecule has 3 aromatic rings. The molecule has 0 amide bonds. The second-order valence-electron chi connectivity index (χ2n) is 4.16. The van der Waals surface area contributed by atoms with E-state index < -0.39 is 0 Å². The fourth-order valence-electron chi connectivity index (χ4n) is 1.81. The van der Waals surface area contributed by atoms with Crippen LogP contribution in [0.2, 0.25) is 5.02 Å². The second-order valence-corrected chi connectivity index (χ2v) is 5.69. The number of halogens is 1. The highest BCUT2D eigenvalue weighted by Crippen LogP contribution is 2.28. The summed E-state index contributed by atoms with van der Waals surface area (Å²) in [6.45, 7) is 0. The van der Waals surface area contributed by atoms with Crippen molar-refractivity contribution in [3.8, 4) is 0 Å². The summed E-state index contributed by atoms with van der Waals surface area (Å²) in [6.07, 6.45) is 0. The molecule has 2 N–H and O–H groups in total. The van der Waals surface area contributed by atoms with E-state index in [1.807, 2.05) is 54.6 Å². The first kappa shape index (κ1) is 12.3. The number of fused-ring (bicyclic) bond motifs is 1. The van der Waals surface area contributed by atoms with E-state index in [0.717, 1.165) is 31.5 Å². The van der Waals surface area contributed by atoms with Crippen LogP contribution in [0, 0.1) is 0 Å². The zero-order valence-corrected chi connectivity index (χ0v) is 11.6. The lowest BCUT2D eigenvalue weighted by atomic mass is 10.2. The Kier molecular flexibility index (Phi) is 3.32. The zero-order valence-electron chi connectivity index (χ0n) is 10.0. The Hall–Kier alpha value is -1.71. The van der Waals surface area contributed by atoms with Gasteiger partial charge in [0.25, 0.3) is 0 Å². The molecular formula is C15H11ClN2S. The van der Waals surface area contributed by atoms with E-state index in [0.29, 0.717) is 0 Å². The van der Waals surface area contributed by atoms with E-state index >= 15 is 0 Å². The number of benzene rings is 2. The van der Waals surface area contributed by atoms with Crippen LogP contribution in [0.15, 0.2) is 64.5 Å². The zero-order chi connectivity index (χ0) is 13.2. The van der Waals surface area contributed by atoms with Crippen LogP contribution in [0.1, 0.15) is 0 Å². The molecule has 1 heterocycles. The number of pyridine rings is 1. The number of hydrogen-bond acceptors (Lipinski definition) is 3. The number of hydrogen-bond donors (Lipinski definition) is 1. The maximum Gasteiger partial charge on any atom is 0.101 e. The highest BCUT2D eigenvalue weighted by Gasteiger charge is 2.01. The summed E-state index contributed by atoms with van der Waals surface area (Å²) in [5.74, 6) is 0. The van der Waals surface area contributed by atoms with Gasteiger partial charge in [-0.05, 0) is 48.5 Å². The minimum Gasteiger partial charge on any atom is -0.399 e. The van der Waals surface area contributed by atoms with Crippen molar-refractivity contribution in [3.05, 3.63) is 59.6 Å². The lowest BCUT2D eigenvalue weighted by molar-refractivity contribution is 1.19. The van der Waals surface area contributed by atoms with Crippen molar-refractivity contribution in [2.45, 2.75) is 9.92 Å². The Morgan fingerprint density at radius 2 is 1.74 bits per heavy atom. The first-order valence-corrected chi connectivity index (χ1v) is 7.00. The monoisotopic (exact) mass is 286 g/mol. The number of rotatable bonds is 2. The highest BCUT2D eigenvalue weighted by atomic mass is 35.5. The summed E-state index contributed by atoms with van der Waals surface area (Å²) in [5.41, 5.74) is 7.46. The predicted molar refractivity (Wildman–Crippen MR) is 81.7 cm³/mol. The molecule has 2 nitrogen and oxygen atoms in total. The Bertz CT molecular complexity index is 726. The van der Waals surface area contributed by atoms with E-state index in [2.05, 4.69) is 4.98 Å². The van der Waals surface area contributed by atoms with Crippen LogP contribution in [-0.2, 0) is 0 Å². The lowest BCUT2D eigenvalue weighted by Gasteiger charge is -2.04. The topological polar surface area (TPSA) is 38.9 Å². The van der Waals surface area contributed by atoms with E-state index in [9.17, 15) is 0 Å². The molecule has 0 aliphatic carbocycles.